The van der Waals surface area contributed by atoms with Gasteiger partial charge in [-0.05, 0) is 38.1 Å². The molecule has 3 heterocycles. The lowest BCUT2D eigenvalue weighted by molar-refractivity contribution is -0.131. The Morgan fingerprint density at radius 1 is 0.968 bits per heavy atom. The number of carbonyl (C=O) groups is 2. The first-order chi connectivity index (χ1) is 15.0. The summed E-state index contributed by atoms with van der Waals surface area (Å²) in [5, 5.41) is 5.79. The van der Waals surface area contributed by atoms with E-state index in [-0.39, 0.29) is 11.8 Å². The second-order valence-electron chi connectivity index (χ2n) is 7.40. The van der Waals surface area contributed by atoms with Crippen molar-refractivity contribution in [2.45, 2.75) is 26.9 Å². The van der Waals surface area contributed by atoms with Crippen molar-refractivity contribution >= 4 is 34.5 Å². The summed E-state index contributed by atoms with van der Waals surface area (Å²) in [6, 6.07) is 7.18. The van der Waals surface area contributed by atoms with Crippen molar-refractivity contribution in [1.82, 2.24) is 19.8 Å². The van der Waals surface area contributed by atoms with Gasteiger partial charge in [-0.25, -0.2) is 9.97 Å². The predicted octanol–water partition coefficient (Wildman–Crippen LogP) is 3.32. The van der Waals surface area contributed by atoms with E-state index in [4.69, 9.17) is 4.74 Å². The Kier molecular flexibility index (Phi) is 6.62. The Morgan fingerprint density at radius 3 is 2.29 bits per heavy atom. The van der Waals surface area contributed by atoms with Crippen LogP contribution in [-0.4, -0.2) is 57.8 Å². The smallest absolute Gasteiger partial charge is 0.253 e. The second kappa shape index (κ2) is 9.57. The minimum absolute atomic E-state index is 0.0238. The molecule has 0 radical (unpaired) electrons. The molecule has 2 amide bonds. The monoisotopic (exact) mass is 456 g/mol. The van der Waals surface area contributed by atoms with Crippen LogP contribution in [0.25, 0.3) is 0 Å². The number of benzene rings is 1. The Balaban J connectivity index is 1.26. The zero-order chi connectivity index (χ0) is 21.8. The number of nitrogens with zero attached hydrogens (tertiary/aromatic N) is 4. The normalized spacial score (nSPS) is 14.0. The second-order valence-corrected chi connectivity index (χ2v) is 9.41. The van der Waals surface area contributed by atoms with E-state index in [1.54, 1.807) is 28.4 Å². The fourth-order valence-corrected chi connectivity index (χ4v) is 4.75. The molecule has 162 valence electrons. The molecule has 1 aromatic carbocycles. The maximum absolute atomic E-state index is 12.8. The molecule has 3 aromatic rings. The quantitative estimate of drug-likeness (QED) is 0.569. The molecule has 1 fully saturated rings. The van der Waals surface area contributed by atoms with Crippen LogP contribution in [0.1, 0.15) is 31.8 Å². The Hall–Kier alpha value is -2.78. The van der Waals surface area contributed by atoms with Crippen molar-refractivity contribution in [3.05, 3.63) is 62.0 Å². The van der Waals surface area contributed by atoms with Gasteiger partial charge in [-0.15, -0.1) is 22.7 Å². The molecular formula is C22H24N4O3S2. The van der Waals surface area contributed by atoms with E-state index in [0.717, 1.165) is 21.4 Å². The van der Waals surface area contributed by atoms with Gasteiger partial charge in [0.1, 0.15) is 17.4 Å². The van der Waals surface area contributed by atoms with Gasteiger partial charge in [-0.2, -0.15) is 0 Å². The molecule has 0 atom stereocenters. The Bertz CT molecular complexity index is 1050. The molecule has 0 bridgehead atoms. The number of ether oxygens (including phenoxy) is 1. The minimum Gasteiger partial charge on any atom is -0.487 e. The number of hydrogen-bond donors (Lipinski definition) is 0. The maximum atomic E-state index is 12.8. The van der Waals surface area contributed by atoms with Crippen LogP contribution in [0.4, 0.5) is 0 Å². The fourth-order valence-electron chi connectivity index (χ4n) is 3.39. The topological polar surface area (TPSA) is 75.6 Å². The standard InChI is InChI=1S/C22H24N4O3S2/c1-15-13-31-20(23-15)11-21(27)25-7-9-26(10-8-25)22(28)17-3-5-19(6-4-17)29-12-18-14-30-16(2)24-18/h3-6,13-14H,7-12H2,1-2H3. The summed E-state index contributed by atoms with van der Waals surface area (Å²) < 4.78 is 5.75. The Morgan fingerprint density at radius 2 is 1.68 bits per heavy atom. The largest absolute Gasteiger partial charge is 0.487 e. The fraction of sp³-hybridized carbons (Fsp3) is 0.364. The number of rotatable bonds is 6. The summed E-state index contributed by atoms with van der Waals surface area (Å²) in [6.45, 7) is 6.45. The van der Waals surface area contributed by atoms with E-state index in [1.165, 1.54) is 11.3 Å². The van der Waals surface area contributed by atoms with Crippen LogP contribution >= 0.6 is 22.7 Å². The summed E-state index contributed by atoms with van der Waals surface area (Å²) in [4.78, 5) is 37.7. The van der Waals surface area contributed by atoms with Crippen molar-refractivity contribution in [1.29, 1.82) is 0 Å². The molecule has 9 heteroatoms. The highest BCUT2D eigenvalue weighted by Crippen LogP contribution is 2.18. The van der Waals surface area contributed by atoms with E-state index >= 15 is 0 Å². The summed E-state index contributed by atoms with van der Waals surface area (Å²) in [7, 11) is 0. The van der Waals surface area contributed by atoms with Crippen LogP contribution in [0.2, 0.25) is 0 Å². The van der Waals surface area contributed by atoms with Gasteiger partial charge in [0.05, 0.1) is 17.1 Å². The van der Waals surface area contributed by atoms with Crippen LogP contribution in [0.15, 0.2) is 35.0 Å². The van der Waals surface area contributed by atoms with Gasteiger partial charge in [0.25, 0.3) is 5.91 Å². The molecule has 1 aliphatic rings. The molecule has 4 rings (SSSR count). The molecule has 0 N–H and O–H groups in total. The van der Waals surface area contributed by atoms with Crippen molar-refractivity contribution in [2.24, 2.45) is 0 Å². The predicted molar refractivity (Wildman–Crippen MR) is 121 cm³/mol. The molecule has 0 aliphatic carbocycles. The summed E-state index contributed by atoms with van der Waals surface area (Å²) in [5.41, 5.74) is 2.47. The Labute approximate surface area is 189 Å². The number of amides is 2. The number of thiazole rings is 2. The number of piperazine rings is 1. The molecular weight excluding hydrogens is 432 g/mol. The number of carbonyl (C=O) groups excluding carboxylic acids is 2. The van der Waals surface area contributed by atoms with E-state index in [1.807, 2.05) is 41.6 Å². The van der Waals surface area contributed by atoms with Crippen LogP contribution in [0.3, 0.4) is 0 Å². The first-order valence-corrected chi connectivity index (χ1v) is 11.9. The van der Waals surface area contributed by atoms with Crippen LogP contribution < -0.4 is 4.74 Å². The zero-order valence-electron chi connectivity index (χ0n) is 17.5. The van der Waals surface area contributed by atoms with Gasteiger partial charge in [0.2, 0.25) is 5.91 Å². The lowest BCUT2D eigenvalue weighted by Crippen LogP contribution is -2.51. The van der Waals surface area contributed by atoms with E-state index in [0.29, 0.717) is 50.5 Å². The molecule has 0 unspecified atom stereocenters. The summed E-state index contributed by atoms with van der Waals surface area (Å²) in [5.74, 6) is 0.748. The minimum atomic E-state index is -0.0238. The third-order valence-electron chi connectivity index (χ3n) is 5.04. The van der Waals surface area contributed by atoms with Gasteiger partial charge in [0, 0.05) is 48.2 Å². The van der Waals surface area contributed by atoms with Gasteiger partial charge in [-0.3, -0.25) is 9.59 Å². The molecule has 1 saturated heterocycles. The van der Waals surface area contributed by atoms with Gasteiger partial charge in [-0.1, -0.05) is 0 Å². The third kappa shape index (κ3) is 5.48. The van der Waals surface area contributed by atoms with Crippen molar-refractivity contribution < 1.29 is 14.3 Å². The molecule has 0 saturated carbocycles. The molecule has 1 aliphatic heterocycles. The van der Waals surface area contributed by atoms with E-state index < -0.39 is 0 Å². The van der Waals surface area contributed by atoms with Crippen LogP contribution in [0, 0.1) is 13.8 Å². The lowest BCUT2D eigenvalue weighted by Gasteiger charge is -2.34. The molecule has 2 aromatic heterocycles. The van der Waals surface area contributed by atoms with Gasteiger partial charge < -0.3 is 14.5 Å². The SMILES string of the molecule is Cc1csc(CC(=O)N2CCN(C(=O)c3ccc(OCc4csc(C)n4)cc3)CC2)n1. The number of hydrogen-bond acceptors (Lipinski definition) is 7. The average molecular weight is 457 g/mol. The average Bonchev–Trinajstić information content (AvgIpc) is 3.39. The lowest BCUT2D eigenvalue weighted by atomic mass is 10.1. The van der Waals surface area contributed by atoms with Gasteiger partial charge >= 0.3 is 0 Å². The van der Waals surface area contributed by atoms with Crippen molar-refractivity contribution in [3.63, 3.8) is 0 Å². The molecule has 0 spiro atoms. The molecule has 7 nitrogen and oxygen atoms in total. The molecule has 31 heavy (non-hydrogen) atoms. The first-order valence-electron chi connectivity index (χ1n) is 10.1. The van der Waals surface area contributed by atoms with Crippen molar-refractivity contribution in [2.75, 3.05) is 26.2 Å². The maximum Gasteiger partial charge on any atom is 0.253 e. The van der Waals surface area contributed by atoms with Crippen molar-refractivity contribution in [3.8, 4) is 5.75 Å². The first kappa shape index (κ1) is 21.5. The summed E-state index contributed by atoms with van der Waals surface area (Å²) in [6.07, 6.45) is 0.328. The highest BCUT2D eigenvalue weighted by atomic mass is 32.1. The van der Waals surface area contributed by atoms with Crippen LogP contribution in [0.5, 0.6) is 5.75 Å². The zero-order valence-corrected chi connectivity index (χ0v) is 19.2. The van der Waals surface area contributed by atoms with E-state index in [9.17, 15) is 9.59 Å². The number of aromatic nitrogens is 2. The highest BCUT2D eigenvalue weighted by Gasteiger charge is 2.25. The van der Waals surface area contributed by atoms with Crippen LogP contribution in [-0.2, 0) is 17.8 Å². The third-order valence-corrected chi connectivity index (χ3v) is 6.83. The van der Waals surface area contributed by atoms with E-state index in [2.05, 4.69) is 9.97 Å². The number of aryl methyl sites for hydroxylation is 2. The highest BCUT2D eigenvalue weighted by molar-refractivity contribution is 7.09. The van der Waals surface area contributed by atoms with Gasteiger partial charge in [0.15, 0.2) is 0 Å². The summed E-state index contributed by atoms with van der Waals surface area (Å²) >= 11 is 3.11.